The van der Waals surface area contributed by atoms with Crippen LogP contribution in [0.1, 0.15) is 23.6 Å². The molecule has 1 aliphatic rings. The van der Waals surface area contributed by atoms with Gasteiger partial charge in [-0.15, -0.1) is 0 Å². The van der Waals surface area contributed by atoms with E-state index >= 15 is 0 Å². The van der Waals surface area contributed by atoms with Crippen molar-refractivity contribution in [3.8, 4) is 0 Å². The molecule has 4 heteroatoms. The van der Waals surface area contributed by atoms with Crippen LogP contribution < -0.4 is 5.32 Å². The Hall–Kier alpha value is -1.68. The SMILES string of the molecule is Cc1cccc(C)c1CN1C(=O)CNC(C)C1=O. The van der Waals surface area contributed by atoms with E-state index in [2.05, 4.69) is 5.32 Å². The predicted molar refractivity (Wildman–Crippen MR) is 68.9 cm³/mol. The van der Waals surface area contributed by atoms with Crippen LogP contribution in [0, 0.1) is 13.8 Å². The molecule has 2 rings (SSSR count). The highest BCUT2D eigenvalue weighted by Crippen LogP contribution is 2.17. The number of rotatable bonds is 2. The molecule has 0 saturated carbocycles. The van der Waals surface area contributed by atoms with E-state index < -0.39 is 0 Å². The van der Waals surface area contributed by atoms with Gasteiger partial charge in [0.15, 0.2) is 0 Å². The van der Waals surface area contributed by atoms with Gasteiger partial charge in [-0.05, 0) is 37.5 Å². The van der Waals surface area contributed by atoms with Gasteiger partial charge in [0.25, 0.3) is 0 Å². The molecule has 1 aliphatic heterocycles. The molecule has 0 aromatic heterocycles. The van der Waals surface area contributed by atoms with E-state index in [0.717, 1.165) is 16.7 Å². The van der Waals surface area contributed by atoms with Gasteiger partial charge in [-0.1, -0.05) is 18.2 Å². The summed E-state index contributed by atoms with van der Waals surface area (Å²) in [5.41, 5.74) is 3.29. The maximum Gasteiger partial charge on any atom is 0.246 e. The zero-order valence-corrected chi connectivity index (χ0v) is 11.0. The van der Waals surface area contributed by atoms with Crippen LogP contribution in [0.25, 0.3) is 0 Å². The number of benzene rings is 1. The highest BCUT2D eigenvalue weighted by molar-refractivity contribution is 6.00. The Kier molecular flexibility index (Phi) is 3.48. The van der Waals surface area contributed by atoms with Crippen molar-refractivity contribution >= 4 is 11.8 Å². The van der Waals surface area contributed by atoms with E-state index in [4.69, 9.17) is 0 Å². The van der Waals surface area contributed by atoms with Crippen LogP contribution in [0.15, 0.2) is 18.2 Å². The molecule has 1 aromatic rings. The summed E-state index contributed by atoms with van der Waals surface area (Å²) >= 11 is 0. The van der Waals surface area contributed by atoms with Crippen molar-refractivity contribution in [3.63, 3.8) is 0 Å². The van der Waals surface area contributed by atoms with Crippen LogP contribution in [-0.4, -0.2) is 29.3 Å². The molecule has 96 valence electrons. The van der Waals surface area contributed by atoms with Crippen molar-refractivity contribution in [1.82, 2.24) is 10.2 Å². The third-order valence-corrected chi connectivity index (χ3v) is 3.46. The fourth-order valence-corrected chi connectivity index (χ4v) is 2.20. The quantitative estimate of drug-likeness (QED) is 0.796. The van der Waals surface area contributed by atoms with Gasteiger partial charge in [0, 0.05) is 0 Å². The number of nitrogens with zero attached hydrogens (tertiary/aromatic N) is 1. The zero-order chi connectivity index (χ0) is 13.3. The van der Waals surface area contributed by atoms with E-state index in [-0.39, 0.29) is 24.4 Å². The van der Waals surface area contributed by atoms with Gasteiger partial charge in [0.05, 0.1) is 19.1 Å². The van der Waals surface area contributed by atoms with Crippen molar-refractivity contribution in [1.29, 1.82) is 0 Å². The summed E-state index contributed by atoms with van der Waals surface area (Å²) in [6, 6.07) is 5.70. The Balaban J connectivity index is 2.27. The van der Waals surface area contributed by atoms with Gasteiger partial charge in [0.2, 0.25) is 11.8 Å². The fourth-order valence-electron chi connectivity index (χ4n) is 2.20. The van der Waals surface area contributed by atoms with Gasteiger partial charge >= 0.3 is 0 Å². The van der Waals surface area contributed by atoms with E-state index in [1.165, 1.54) is 4.90 Å². The molecule has 18 heavy (non-hydrogen) atoms. The van der Waals surface area contributed by atoms with Crippen LogP contribution in [-0.2, 0) is 16.1 Å². The minimum absolute atomic E-state index is 0.145. The lowest BCUT2D eigenvalue weighted by atomic mass is 10.0. The van der Waals surface area contributed by atoms with Crippen molar-refractivity contribution in [3.05, 3.63) is 34.9 Å². The Morgan fingerprint density at radius 3 is 2.50 bits per heavy atom. The number of imide groups is 1. The number of aryl methyl sites for hydroxylation is 2. The van der Waals surface area contributed by atoms with Crippen LogP contribution >= 0.6 is 0 Å². The number of amides is 2. The normalized spacial score (nSPS) is 20.4. The lowest BCUT2D eigenvalue weighted by molar-refractivity contribution is -0.149. The summed E-state index contributed by atoms with van der Waals surface area (Å²) in [7, 11) is 0. The maximum atomic E-state index is 12.0. The molecular weight excluding hydrogens is 228 g/mol. The summed E-state index contributed by atoms with van der Waals surface area (Å²) < 4.78 is 0. The van der Waals surface area contributed by atoms with Crippen LogP contribution in [0.5, 0.6) is 0 Å². The summed E-state index contributed by atoms with van der Waals surface area (Å²) in [5, 5.41) is 2.89. The summed E-state index contributed by atoms with van der Waals surface area (Å²) in [5.74, 6) is -0.297. The van der Waals surface area contributed by atoms with E-state index in [1.54, 1.807) is 6.92 Å². The zero-order valence-electron chi connectivity index (χ0n) is 11.0. The lowest BCUT2D eigenvalue weighted by Crippen LogP contribution is -2.56. The van der Waals surface area contributed by atoms with Crippen molar-refractivity contribution < 1.29 is 9.59 Å². The Morgan fingerprint density at radius 2 is 1.89 bits per heavy atom. The number of carbonyl (C=O) groups is 2. The first-order chi connectivity index (χ1) is 8.50. The molecule has 1 fully saturated rings. The minimum atomic E-state index is -0.285. The second kappa shape index (κ2) is 4.90. The van der Waals surface area contributed by atoms with Crippen molar-refractivity contribution in [2.24, 2.45) is 0 Å². The van der Waals surface area contributed by atoms with Crippen molar-refractivity contribution in [2.75, 3.05) is 6.54 Å². The molecule has 0 spiro atoms. The number of hydrogen-bond acceptors (Lipinski definition) is 3. The van der Waals surface area contributed by atoms with E-state index in [0.29, 0.717) is 6.54 Å². The largest absolute Gasteiger partial charge is 0.298 e. The fraction of sp³-hybridized carbons (Fsp3) is 0.429. The summed E-state index contributed by atoms with van der Waals surface area (Å²) in [4.78, 5) is 25.2. The van der Waals surface area contributed by atoms with Crippen molar-refractivity contribution in [2.45, 2.75) is 33.4 Å². The van der Waals surface area contributed by atoms with Gasteiger partial charge in [-0.25, -0.2) is 0 Å². The molecule has 0 bridgehead atoms. The Labute approximate surface area is 107 Å². The molecule has 2 amide bonds. The maximum absolute atomic E-state index is 12.0. The summed E-state index contributed by atoms with van der Waals surface area (Å²) in [6.45, 7) is 6.40. The molecule has 4 nitrogen and oxygen atoms in total. The Morgan fingerprint density at radius 1 is 1.28 bits per heavy atom. The number of piperazine rings is 1. The van der Waals surface area contributed by atoms with Gasteiger partial charge in [-0.2, -0.15) is 0 Å². The number of carbonyl (C=O) groups excluding carboxylic acids is 2. The van der Waals surface area contributed by atoms with Gasteiger partial charge < -0.3 is 0 Å². The molecule has 1 N–H and O–H groups in total. The lowest BCUT2D eigenvalue weighted by Gasteiger charge is -2.30. The van der Waals surface area contributed by atoms with Gasteiger partial charge in [0.1, 0.15) is 0 Å². The smallest absolute Gasteiger partial charge is 0.246 e. The first-order valence-electron chi connectivity index (χ1n) is 6.13. The molecule has 1 heterocycles. The molecule has 1 unspecified atom stereocenters. The second-order valence-corrected chi connectivity index (χ2v) is 4.79. The standard InChI is InChI=1S/C14H18N2O2/c1-9-5-4-6-10(2)12(9)8-16-13(17)7-15-11(3)14(16)18/h4-6,11,15H,7-8H2,1-3H3. The third-order valence-electron chi connectivity index (χ3n) is 3.46. The Bertz CT molecular complexity index is 476. The summed E-state index contributed by atoms with van der Waals surface area (Å²) in [6.07, 6.45) is 0. The monoisotopic (exact) mass is 246 g/mol. The molecule has 1 saturated heterocycles. The van der Waals surface area contributed by atoms with Crippen LogP contribution in [0.2, 0.25) is 0 Å². The average Bonchev–Trinajstić information content (AvgIpc) is 2.33. The third kappa shape index (κ3) is 2.29. The average molecular weight is 246 g/mol. The number of hydrogen-bond donors (Lipinski definition) is 1. The molecule has 0 radical (unpaired) electrons. The molecular formula is C14H18N2O2. The highest BCUT2D eigenvalue weighted by Gasteiger charge is 2.31. The number of nitrogens with one attached hydrogen (secondary N) is 1. The second-order valence-electron chi connectivity index (χ2n) is 4.79. The minimum Gasteiger partial charge on any atom is -0.298 e. The molecule has 1 aromatic carbocycles. The van der Waals surface area contributed by atoms with Gasteiger partial charge in [-0.3, -0.25) is 19.8 Å². The predicted octanol–water partition coefficient (Wildman–Crippen LogP) is 1.15. The van der Waals surface area contributed by atoms with E-state index in [9.17, 15) is 9.59 Å². The highest BCUT2D eigenvalue weighted by atomic mass is 16.2. The van der Waals surface area contributed by atoms with Crippen LogP contribution in [0.4, 0.5) is 0 Å². The van der Waals surface area contributed by atoms with Crippen LogP contribution in [0.3, 0.4) is 0 Å². The first kappa shape index (κ1) is 12.8. The first-order valence-corrected chi connectivity index (χ1v) is 6.13. The molecule has 1 atom stereocenters. The van der Waals surface area contributed by atoms with E-state index in [1.807, 2.05) is 32.0 Å². The molecule has 0 aliphatic carbocycles. The topological polar surface area (TPSA) is 49.4 Å².